The molecule has 0 fully saturated rings. The van der Waals surface area contributed by atoms with E-state index in [1.807, 2.05) is 20.0 Å². The molecule has 0 aliphatic rings. The van der Waals surface area contributed by atoms with Gasteiger partial charge in [-0.25, -0.2) is 0 Å². The molecule has 2 heterocycles. The van der Waals surface area contributed by atoms with Crippen molar-refractivity contribution >= 4 is 46.4 Å². The van der Waals surface area contributed by atoms with Gasteiger partial charge in [-0.15, -0.1) is 11.3 Å². The highest BCUT2D eigenvalue weighted by atomic mass is 35.5. The molecule has 2 aromatic heterocycles. The van der Waals surface area contributed by atoms with E-state index in [0.29, 0.717) is 22.0 Å². The molecule has 0 saturated heterocycles. The third-order valence-electron chi connectivity index (χ3n) is 4.19. The number of hydrogen-bond donors (Lipinski definition) is 1. The summed E-state index contributed by atoms with van der Waals surface area (Å²) in [4.78, 5) is 31.0. The van der Waals surface area contributed by atoms with Crippen LogP contribution in [0.2, 0.25) is 10.0 Å². The lowest BCUT2D eigenvalue weighted by Crippen LogP contribution is -2.35. The monoisotopic (exact) mass is 451 g/mol. The van der Waals surface area contributed by atoms with Crippen LogP contribution in [0.4, 0.5) is 0 Å². The first-order valence-corrected chi connectivity index (χ1v) is 10.5. The van der Waals surface area contributed by atoms with E-state index >= 15 is 0 Å². The number of carbonyl (C=O) groups excluding carboxylic acids is 2. The lowest BCUT2D eigenvalue weighted by atomic mass is 10.2. The molecule has 0 radical (unpaired) electrons. The molecule has 6 nitrogen and oxygen atoms in total. The van der Waals surface area contributed by atoms with Crippen molar-refractivity contribution in [3.8, 4) is 0 Å². The Kier molecular flexibility index (Phi) is 6.95. The van der Waals surface area contributed by atoms with Crippen LogP contribution in [-0.2, 0) is 11.3 Å². The van der Waals surface area contributed by atoms with Gasteiger partial charge in [-0.3, -0.25) is 9.59 Å². The Labute approximate surface area is 181 Å². The number of aryl methyl sites for hydroxylation is 1. The van der Waals surface area contributed by atoms with Crippen molar-refractivity contribution in [3.63, 3.8) is 0 Å². The van der Waals surface area contributed by atoms with E-state index in [-0.39, 0.29) is 23.0 Å². The Morgan fingerprint density at radius 1 is 1.31 bits per heavy atom. The maximum Gasteiger partial charge on any atom is 0.281 e. The maximum atomic E-state index is 12.7. The Hall–Kier alpha value is -2.35. The van der Waals surface area contributed by atoms with Crippen LogP contribution in [-0.4, -0.2) is 16.4 Å². The van der Waals surface area contributed by atoms with Crippen LogP contribution in [0.3, 0.4) is 0 Å². The van der Waals surface area contributed by atoms with E-state index in [4.69, 9.17) is 27.6 Å². The van der Waals surface area contributed by atoms with E-state index in [1.165, 1.54) is 23.5 Å². The largest absolute Gasteiger partial charge is 0.467 e. The zero-order chi connectivity index (χ0) is 21.0. The van der Waals surface area contributed by atoms with Crippen molar-refractivity contribution in [3.05, 3.63) is 73.8 Å². The lowest BCUT2D eigenvalue weighted by molar-refractivity contribution is -0.124. The molecule has 2 amide bonds. The molecule has 1 aromatic carbocycles. The van der Waals surface area contributed by atoms with Gasteiger partial charge in [-0.05, 0) is 43.7 Å². The molecule has 0 aliphatic heterocycles. The van der Waals surface area contributed by atoms with E-state index in [2.05, 4.69) is 10.3 Å². The molecule has 0 bridgehead atoms. The van der Waals surface area contributed by atoms with Gasteiger partial charge >= 0.3 is 0 Å². The molecule has 0 aliphatic carbocycles. The molecule has 0 saturated carbocycles. The van der Waals surface area contributed by atoms with E-state index in [9.17, 15) is 9.59 Å². The molecular formula is C20H19Cl2N3O3S. The van der Waals surface area contributed by atoms with Crippen molar-refractivity contribution in [1.82, 2.24) is 9.88 Å². The van der Waals surface area contributed by atoms with E-state index in [1.54, 1.807) is 29.0 Å². The zero-order valence-electron chi connectivity index (χ0n) is 15.8. The predicted molar refractivity (Wildman–Crippen MR) is 113 cm³/mol. The van der Waals surface area contributed by atoms with Crippen LogP contribution in [0.25, 0.3) is 0 Å². The molecule has 9 heteroatoms. The van der Waals surface area contributed by atoms with Crippen molar-refractivity contribution in [2.45, 2.75) is 32.9 Å². The number of benzene rings is 1. The smallest absolute Gasteiger partial charge is 0.281 e. The van der Waals surface area contributed by atoms with Gasteiger partial charge in [-0.2, -0.15) is 4.99 Å². The van der Waals surface area contributed by atoms with Crippen LogP contribution in [0.15, 0.2) is 52.2 Å². The first-order valence-electron chi connectivity index (χ1n) is 8.91. The van der Waals surface area contributed by atoms with Gasteiger partial charge < -0.3 is 14.3 Å². The number of halogens is 2. The Balaban J connectivity index is 1.88. The summed E-state index contributed by atoms with van der Waals surface area (Å²) in [7, 11) is 0. The summed E-state index contributed by atoms with van der Waals surface area (Å²) in [6.07, 6.45) is 3.91. The van der Waals surface area contributed by atoms with Gasteiger partial charge in [0.15, 0.2) is 4.80 Å². The number of nitrogens with zero attached hydrogens (tertiary/aromatic N) is 2. The minimum absolute atomic E-state index is 0.180. The first-order chi connectivity index (χ1) is 13.9. The van der Waals surface area contributed by atoms with Gasteiger partial charge in [0.1, 0.15) is 11.8 Å². The molecule has 1 N–H and O–H groups in total. The number of aromatic nitrogens is 1. The molecular weight excluding hydrogens is 433 g/mol. The summed E-state index contributed by atoms with van der Waals surface area (Å²) in [5.41, 5.74) is 0.254. The van der Waals surface area contributed by atoms with Gasteiger partial charge in [0.25, 0.3) is 5.91 Å². The van der Waals surface area contributed by atoms with E-state index in [0.717, 1.165) is 4.88 Å². The number of carbonyl (C=O) groups is 2. The summed E-state index contributed by atoms with van der Waals surface area (Å²) in [6, 6.07) is 7.66. The SMILES string of the molecule is CC[C@H](C(=O)NCc1ccco1)n1cc(C)sc1=NC(=O)c1ccc(Cl)cc1Cl. The highest BCUT2D eigenvalue weighted by Crippen LogP contribution is 2.22. The number of nitrogens with one attached hydrogen (secondary N) is 1. The number of thiazole rings is 1. The first kappa shape index (κ1) is 21.4. The van der Waals surface area contributed by atoms with Gasteiger partial charge in [0, 0.05) is 16.1 Å². The maximum absolute atomic E-state index is 12.7. The van der Waals surface area contributed by atoms with E-state index < -0.39 is 11.9 Å². The highest BCUT2D eigenvalue weighted by molar-refractivity contribution is 7.09. The average molecular weight is 452 g/mol. The normalized spacial score (nSPS) is 12.8. The summed E-state index contributed by atoms with van der Waals surface area (Å²) in [5, 5.41) is 3.53. The third-order valence-corrected chi connectivity index (χ3v) is 5.65. The fourth-order valence-electron chi connectivity index (χ4n) is 2.80. The topological polar surface area (TPSA) is 76.6 Å². The Morgan fingerprint density at radius 3 is 2.76 bits per heavy atom. The number of furan rings is 1. The van der Waals surface area contributed by atoms with Crippen LogP contribution < -0.4 is 10.1 Å². The minimum Gasteiger partial charge on any atom is -0.467 e. The molecule has 0 spiro atoms. The highest BCUT2D eigenvalue weighted by Gasteiger charge is 2.21. The lowest BCUT2D eigenvalue weighted by Gasteiger charge is -2.16. The second-order valence-corrected chi connectivity index (χ2v) is 8.35. The Bertz CT molecular complexity index is 1090. The van der Waals surface area contributed by atoms with Gasteiger partial charge in [-0.1, -0.05) is 30.1 Å². The molecule has 3 aromatic rings. The summed E-state index contributed by atoms with van der Waals surface area (Å²) in [5.74, 6) is -0.00888. The summed E-state index contributed by atoms with van der Waals surface area (Å²) >= 11 is 13.3. The number of hydrogen-bond acceptors (Lipinski definition) is 4. The fourth-order valence-corrected chi connectivity index (χ4v) is 4.16. The predicted octanol–water partition coefficient (Wildman–Crippen LogP) is 4.77. The van der Waals surface area contributed by atoms with Crippen molar-refractivity contribution < 1.29 is 14.0 Å². The van der Waals surface area contributed by atoms with Crippen LogP contribution in [0, 0.1) is 6.92 Å². The molecule has 3 rings (SSSR count). The standard InChI is InChI=1S/C20H19Cl2N3O3S/c1-3-17(19(27)23-10-14-5-4-8-28-14)25-11-12(2)29-20(25)24-18(26)15-7-6-13(21)9-16(15)22/h4-9,11,17H,3,10H2,1-2H3,(H,23,27)/t17-/m1/s1. The van der Waals surface area contributed by atoms with Crippen molar-refractivity contribution in [2.75, 3.05) is 0 Å². The van der Waals surface area contributed by atoms with Gasteiger partial charge in [0.2, 0.25) is 5.91 Å². The molecule has 152 valence electrons. The average Bonchev–Trinajstić information content (AvgIpc) is 3.30. The zero-order valence-corrected chi connectivity index (χ0v) is 18.1. The van der Waals surface area contributed by atoms with Crippen LogP contribution >= 0.6 is 34.5 Å². The molecule has 29 heavy (non-hydrogen) atoms. The van der Waals surface area contributed by atoms with Gasteiger partial charge in [0.05, 0.1) is 23.4 Å². The van der Waals surface area contributed by atoms with Crippen molar-refractivity contribution in [2.24, 2.45) is 4.99 Å². The number of rotatable bonds is 6. The molecule has 1 atom stereocenters. The molecule has 0 unspecified atom stereocenters. The second-order valence-electron chi connectivity index (χ2n) is 6.29. The number of amides is 2. The Morgan fingerprint density at radius 2 is 2.10 bits per heavy atom. The minimum atomic E-state index is -0.512. The summed E-state index contributed by atoms with van der Waals surface area (Å²) in [6.45, 7) is 4.09. The van der Waals surface area contributed by atoms with Crippen LogP contribution in [0.5, 0.6) is 0 Å². The quantitative estimate of drug-likeness (QED) is 0.586. The van der Waals surface area contributed by atoms with Crippen molar-refractivity contribution in [1.29, 1.82) is 0 Å². The van der Waals surface area contributed by atoms with Crippen LogP contribution in [0.1, 0.15) is 40.4 Å². The summed E-state index contributed by atoms with van der Waals surface area (Å²) < 4.78 is 6.97. The fraction of sp³-hybridized carbons (Fsp3) is 0.250. The second kappa shape index (κ2) is 9.43. The third kappa shape index (κ3) is 5.18.